The van der Waals surface area contributed by atoms with Gasteiger partial charge in [0, 0.05) is 30.0 Å². The van der Waals surface area contributed by atoms with Crippen molar-refractivity contribution in [2.75, 3.05) is 13.1 Å². The van der Waals surface area contributed by atoms with Gasteiger partial charge in [-0.05, 0) is 42.5 Å². The molecule has 0 bridgehead atoms. The minimum absolute atomic E-state index is 0.0958. The summed E-state index contributed by atoms with van der Waals surface area (Å²) in [5.41, 5.74) is 2.21. The van der Waals surface area contributed by atoms with Crippen molar-refractivity contribution < 1.29 is 9.59 Å². The Kier molecular flexibility index (Phi) is 7.04. The molecular weight excluding hydrogens is 404 g/mol. The van der Waals surface area contributed by atoms with Gasteiger partial charge in [0.1, 0.15) is 0 Å². The molecule has 2 amide bonds. The molecule has 1 fully saturated rings. The molecule has 1 aliphatic heterocycles. The van der Waals surface area contributed by atoms with Crippen molar-refractivity contribution in [3.63, 3.8) is 0 Å². The van der Waals surface area contributed by atoms with Crippen LogP contribution in [0.15, 0.2) is 59.1 Å². The maximum Gasteiger partial charge on any atom is 0.226 e. The molecule has 0 unspecified atom stereocenters. The van der Waals surface area contributed by atoms with Gasteiger partial charge in [-0.25, -0.2) is 0 Å². The normalized spacial score (nSPS) is 14.8. The lowest BCUT2D eigenvalue weighted by molar-refractivity contribution is -0.131. The third-order valence-electron chi connectivity index (χ3n) is 4.96. The molecule has 0 atom stereocenters. The summed E-state index contributed by atoms with van der Waals surface area (Å²) < 4.78 is 1.02. The second kappa shape index (κ2) is 9.70. The number of aryl methyl sites for hydroxylation is 1. The highest BCUT2D eigenvalue weighted by Crippen LogP contribution is 2.15. The largest absolute Gasteiger partial charge is 0.353 e. The number of hydrogen-bond donors (Lipinski definition) is 1. The van der Waals surface area contributed by atoms with Crippen LogP contribution in [0.25, 0.3) is 0 Å². The van der Waals surface area contributed by atoms with Gasteiger partial charge in [-0.15, -0.1) is 0 Å². The van der Waals surface area contributed by atoms with Gasteiger partial charge >= 0.3 is 0 Å². The van der Waals surface area contributed by atoms with Crippen molar-refractivity contribution in [1.82, 2.24) is 10.2 Å². The van der Waals surface area contributed by atoms with Gasteiger partial charge in [0.25, 0.3) is 0 Å². The Balaban J connectivity index is 1.38. The minimum Gasteiger partial charge on any atom is -0.353 e. The van der Waals surface area contributed by atoms with Crippen molar-refractivity contribution in [2.45, 2.75) is 38.1 Å². The van der Waals surface area contributed by atoms with Crippen LogP contribution in [0.3, 0.4) is 0 Å². The smallest absolute Gasteiger partial charge is 0.226 e. The van der Waals surface area contributed by atoms with Crippen LogP contribution in [0.5, 0.6) is 0 Å². The molecule has 0 saturated carbocycles. The molecule has 1 saturated heterocycles. The van der Waals surface area contributed by atoms with Crippen LogP contribution in [0.1, 0.15) is 30.4 Å². The average Bonchev–Trinajstić information content (AvgIpc) is 2.69. The van der Waals surface area contributed by atoms with Crippen LogP contribution < -0.4 is 5.32 Å². The standard InChI is InChI=1S/C22H25BrN2O2/c23-19-9-6-18(7-10-19)16-22(27)25-14-12-20(13-15-25)24-21(26)11-8-17-4-2-1-3-5-17/h1-7,9-10,20H,8,11-16H2,(H,24,26). The Bertz CT molecular complexity index is 754. The number of nitrogens with zero attached hydrogens (tertiary/aromatic N) is 1. The van der Waals surface area contributed by atoms with Crippen molar-refractivity contribution in [1.29, 1.82) is 0 Å². The molecule has 1 heterocycles. The van der Waals surface area contributed by atoms with E-state index >= 15 is 0 Å². The highest BCUT2D eigenvalue weighted by Gasteiger charge is 2.23. The number of likely N-dealkylation sites (tertiary alicyclic amines) is 1. The predicted molar refractivity (Wildman–Crippen MR) is 110 cm³/mol. The molecule has 0 radical (unpaired) electrons. The summed E-state index contributed by atoms with van der Waals surface area (Å²) in [6.07, 6.45) is 3.34. The lowest BCUT2D eigenvalue weighted by atomic mass is 10.0. The molecule has 142 valence electrons. The van der Waals surface area contributed by atoms with E-state index in [0.717, 1.165) is 29.3 Å². The molecule has 2 aromatic rings. The fourth-order valence-electron chi connectivity index (χ4n) is 3.36. The van der Waals surface area contributed by atoms with Gasteiger partial charge in [0.05, 0.1) is 6.42 Å². The number of halogens is 1. The van der Waals surface area contributed by atoms with E-state index < -0.39 is 0 Å². The van der Waals surface area contributed by atoms with E-state index in [2.05, 4.69) is 21.2 Å². The van der Waals surface area contributed by atoms with E-state index in [0.29, 0.717) is 25.9 Å². The van der Waals surface area contributed by atoms with Crippen LogP contribution in [0, 0.1) is 0 Å². The first-order valence-electron chi connectivity index (χ1n) is 9.45. The second-order valence-corrected chi connectivity index (χ2v) is 7.93. The van der Waals surface area contributed by atoms with Crippen LogP contribution in [0.4, 0.5) is 0 Å². The third-order valence-corrected chi connectivity index (χ3v) is 5.49. The number of carbonyl (C=O) groups excluding carboxylic acids is 2. The first kappa shape index (κ1) is 19.6. The summed E-state index contributed by atoms with van der Waals surface area (Å²) in [4.78, 5) is 26.6. The maximum absolute atomic E-state index is 12.5. The van der Waals surface area contributed by atoms with Crippen molar-refractivity contribution in [2.24, 2.45) is 0 Å². The molecule has 27 heavy (non-hydrogen) atoms. The van der Waals surface area contributed by atoms with Gasteiger partial charge < -0.3 is 10.2 Å². The first-order valence-corrected chi connectivity index (χ1v) is 10.2. The molecule has 1 aliphatic rings. The van der Waals surface area contributed by atoms with Gasteiger partial charge in [-0.2, -0.15) is 0 Å². The Morgan fingerprint density at radius 1 is 0.963 bits per heavy atom. The number of piperidine rings is 1. The van der Waals surface area contributed by atoms with E-state index in [4.69, 9.17) is 0 Å². The van der Waals surface area contributed by atoms with E-state index in [1.807, 2.05) is 59.5 Å². The quantitative estimate of drug-likeness (QED) is 0.761. The van der Waals surface area contributed by atoms with Crippen molar-refractivity contribution in [3.05, 3.63) is 70.2 Å². The zero-order valence-electron chi connectivity index (χ0n) is 15.4. The summed E-state index contributed by atoms with van der Waals surface area (Å²) in [5.74, 6) is 0.254. The summed E-state index contributed by atoms with van der Waals surface area (Å²) in [7, 11) is 0. The second-order valence-electron chi connectivity index (χ2n) is 7.01. The number of benzene rings is 2. The Morgan fingerprint density at radius 2 is 1.63 bits per heavy atom. The van der Waals surface area contributed by atoms with Crippen molar-refractivity contribution >= 4 is 27.7 Å². The minimum atomic E-state index is 0.0958. The third kappa shape index (κ3) is 6.21. The predicted octanol–water partition coefficient (Wildman–Crippen LogP) is 3.73. The number of carbonyl (C=O) groups is 2. The number of nitrogens with one attached hydrogen (secondary N) is 1. The van der Waals surface area contributed by atoms with Gasteiger partial charge in [0.15, 0.2) is 0 Å². The van der Waals surface area contributed by atoms with Crippen LogP contribution >= 0.6 is 15.9 Å². The Morgan fingerprint density at radius 3 is 2.30 bits per heavy atom. The highest BCUT2D eigenvalue weighted by atomic mass is 79.9. The molecule has 5 heteroatoms. The molecule has 1 N–H and O–H groups in total. The van der Waals surface area contributed by atoms with Gasteiger partial charge in [-0.1, -0.05) is 58.4 Å². The van der Waals surface area contributed by atoms with E-state index in [9.17, 15) is 9.59 Å². The zero-order valence-corrected chi connectivity index (χ0v) is 17.0. The number of amides is 2. The lowest BCUT2D eigenvalue weighted by Gasteiger charge is -2.32. The van der Waals surface area contributed by atoms with Gasteiger partial charge in [0.2, 0.25) is 11.8 Å². The fraction of sp³-hybridized carbons (Fsp3) is 0.364. The topological polar surface area (TPSA) is 49.4 Å². The van der Waals surface area contributed by atoms with Crippen LogP contribution in [-0.2, 0) is 22.4 Å². The summed E-state index contributed by atoms with van der Waals surface area (Å²) in [5, 5.41) is 3.12. The van der Waals surface area contributed by atoms with Gasteiger partial charge in [-0.3, -0.25) is 9.59 Å². The first-order chi connectivity index (χ1) is 13.1. The van der Waals surface area contributed by atoms with E-state index in [1.165, 1.54) is 5.56 Å². The van der Waals surface area contributed by atoms with Crippen LogP contribution in [-0.4, -0.2) is 35.8 Å². The average molecular weight is 429 g/mol. The number of rotatable bonds is 6. The summed E-state index contributed by atoms with van der Waals surface area (Å²) >= 11 is 3.41. The molecule has 2 aromatic carbocycles. The molecule has 4 nitrogen and oxygen atoms in total. The Hall–Kier alpha value is -2.14. The lowest BCUT2D eigenvalue weighted by Crippen LogP contribution is -2.47. The van der Waals surface area contributed by atoms with Crippen molar-refractivity contribution in [3.8, 4) is 0 Å². The molecule has 0 aliphatic carbocycles. The van der Waals surface area contributed by atoms with E-state index in [-0.39, 0.29) is 17.9 Å². The molecular formula is C22H25BrN2O2. The SMILES string of the molecule is O=C(CCc1ccccc1)NC1CCN(C(=O)Cc2ccc(Br)cc2)CC1. The number of hydrogen-bond acceptors (Lipinski definition) is 2. The summed E-state index contributed by atoms with van der Waals surface area (Å²) in [6.45, 7) is 1.41. The highest BCUT2D eigenvalue weighted by molar-refractivity contribution is 9.10. The maximum atomic E-state index is 12.5. The fourth-order valence-corrected chi connectivity index (χ4v) is 3.63. The van der Waals surface area contributed by atoms with E-state index in [1.54, 1.807) is 0 Å². The molecule has 0 aromatic heterocycles. The summed E-state index contributed by atoms with van der Waals surface area (Å²) in [6, 6.07) is 18.1. The Labute approximate surface area is 169 Å². The molecule has 3 rings (SSSR count). The monoisotopic (exact) mass is 428 g/mol. The van der Waals surface area contributed by atoms with Crippen LogP contribution in [0.2, 0.25) is 0 Å². The molecule has 0 spiro atoms. The zero-order chi connectivity index (χ0) is 19.1.